The molecule has 0 aliphatic carbocycles. The van der Waals surface area contributed by atoms with Gasteiger partial charge < -0.3 is 9.32 Å². The summed E-state index contributed by atoms with van der Waals surface area (Å²) in [6, 6.07) is 5.54. The van der Waals surface area contributed by atoms with Gasteiger partial charge in [0.15, 0.2) is 0 Å². The minimum Gasteiger partial charge on any atom is -0.467 e. The molecule has 1 aromatic heterocycles. The maximum Gasteiger partial charge on any atom is 0.242 e. The molecule has 1 aromatic rings. The first kappa shape index (κ1) is 11.3. The molecule has 4 nitrogen and oxygen atoms in total. The molecule has 0 aliphatic heterocycles. The normalized spacial score (nSPS) is 10.8. The molecule has 0 saturated heterocycles. The lowest BCUT2D eigenvalue weighted by Gasteiger charge is -2.22. The Bertz CT molecular complexity index is 374. The lowest BCUT2D eigenvalue weighted by Crippen LogP contribution is -2.37. The van der Waals surface area contributed by atoms with Gasteiger partial charge in [-0.3, -0.25) is 4.79 Å². The highest BCUT2D eigenvalue weighted by molar-refractivity contribution is 5.84. The van der Waals surface area contributed by atoms with E-state index in [4.69, 9.17) is 9.68 Å². The van der Waals surface area contributed by atoms with Crippen LogP contribution in [-0.2, 0) is 11.3 Å². The molecule has 0 atom stereocenters. The molecule has 15 heavy (non-hydrogen) atoms. The summed E-state index contributed by atoms with van der Waals surface area (Å²) < 4.78 is 5.12. The Morgan fingerprint density at radius 3 is 2.80 bits per heavy atom. The second kappa shape index (κ2) is 4.18. The van der Waals surface area contributed by atoms with E-state index < -0.39 is 5.41 Å². The van der Waals surface area contributed by atoms with Gasteiger partial charge in [-0.1, -0.05) is 0 Å². The van der Waals surface area contributed by atoms with Crippen LogP contribution in [0.5, 0.6) is 0 Å². The minimum absolute atomic E-state index is 0.207. The monoisotopic (exact) mass is 206 g/mol. The van der Waals surface area contributed by atoms with Gasteiger partial charge in [0.05, 0.1) is 18.9 Å². The summed E-state index contributed by atoms with van der Waals surface area (Å²) in [5, 5.41) is 8.82. The predicted octanol–water partition coefficient (Wildman–Crippen LogP) is 1.79. The molecular weight excluding hydrogens is 192 g/mol. The molecule has 1 heterocycles. The zero-order valence-electron chi connectivity index (χ0n) is 9.15. The van der Waals surface area contributed by atoms with E-state index in [1.807, 2.05) is 6.07 Å². The van der Waals surface area contributed by atoms with E-state index in [2.05, 4.69) is 0 Å². The number of amides is 1. The molecule has 0 spiro atoms. The SMILES string of the molecule is CN(Cc1ccco1)C(=O)C(C)(C)C#N. The molecule has 1 amide bonds. The predicted molar refractivity (Wildman–Crippen MR) is 54.6 cm³/mol. The van der Waals surface area contributed by atoms with E-state index in [1.54, 1.807) is 39.3 Å². The summed E-state index contributed by atoms with van der Waals surface area (Å²) in [4.78, 5) is 13.3. The van der Waals surface area contributed by atoms with Crippen LogP contribution in [-0.4, -0.2) is 17.9 Å². The fourth-order valence-electron chi connectivity index (χ4n) is 1.23. The molecule has 0 radical (unpaired) electrons. The Morgan fingerprint density at radius 1 is 1.67 bits per heavy atom. The highest BCUT2D eigenvalue weighted by Crippen LogP contribution is 2.18. The molecule has 0 unspecified atom stereocenters. The van der Waals surface area contributed by atoms with Crippen molar-refractivity contribution in [1.82, 2.24) is 4.90 Å². The third-order valence-corrected chi connectivity index (χ3v) is 2.13. The molecule has 80 valence electrons. The summed E-state index contributed by atoms with van der Waals surface area (Å²) in [5.74, 6) is 0.501. The van der Waals surface area contributed by atoms with E-state index >= 15 is 0 Å². The van der Waals surface area contributed by atoms with Gasteiger partial charge in [0.1, 0.15) is 11.2 Å². The first-order chi connectivity index (χ1) is 6.97. The number of hydrogen-bond donors (Lipinski definition) is 0. The lowest BCUT2D eigenvalue weighted by atomic mass is 9.94. The van der Waals surface area contributed by atoms with Gasteiger partial charge in [0.25, 0.3) is 0 Å². The first-order valence-electron chi connectivity index (χ1n) is 4.66. The van der Waals surface area contributed by atoms with Gasteiger partial charge in [0.2, 0.25) is 5.91 Å². The number of carbonyl (C=O) groups excluding carboxylic acids is 1. The highest BCUT2D eigenvalue weighted by atomic mass is 16.3. The van der Waals surface area contributed by atoms with Gasteiger partial charge in [-0.2, -0.15) is 5.26 Å². The van der Waals surface area contributed by atoms with Crippen LogP contribution in [0.15, 0.2) is 22.8 Å². The smallest absolute Gasteiger partial charge is 0.242 e. The van der Waals surface area contributed by atoms with Crippen molar-refractivity contribution in [2.45, 2.75) is 20.4 Å². The van der Waals surface area contributed by atoms with Gasteiger partial charge in [-0.15, -0.1) is 0 Å². The fraction of sp³-hybridized carbons (Fsp3) is 0.455. The largest absolute Gasteiger partial charge is 0.467 e. The van der Waals surface area contributed by atoms with Crippen molar-refractivity contribution in [2.24, 2.45) is 5.41 Å². The van der Waals surface area contributed by atoms with E-state index in [-0.39, 0.29) is 5.91 Å². The average molecular weight is 206 g/mol. The summed E-state index contributed by atoms with van der Waals surface area (Å²) in [6.07, 6.45) is 1.56. The van der Waals surface area contributed by atoms with Crippen LogP contribution in [0.1, 0.15) is 19.6 Å². The van der Waals surface area contributed by atoms with E-state index in [1.165, 1.54) is 4.90 Å². The topological polar surface area (TPSA) is 57.2 Å². The van der Waals surface area contributed by atoms with Crippen molar-refractivity contribution >= 4 is 5.91 Å². The lowest BCUT2D eigenvalue weighted by molar-refractivity contribution is -0.136. The quantitative estimate of drug-likeness (QED) is 0.757. The van der Waals surface area contributed by atoms with Crippen LogP contribution >= 0.6 is 0 Å². The highest BCUT2D eigenvalue weighted by Gasteiger charge is 2.30. The Hall–Kier alpha value is -1.76. The molecule has 0 N–H and O–H groups in total. The maximum atomic E-state index is 11.8. The number of rotatable bonds is 3. The third kappa shape index (κ3) is 2.59. The van der Waals surface area contributed by atoms with Gasteiger partial charge in [-0.05, 0) is 26.0 Å². The van der Waals surface area contributed by atoms with E-state index in [0.29, 0.717) is 12.3 Å². The van der Waals surface area contributed by atoms with Crippen LogP contribution in [0.4, 0.5) is 0 Å². The molecule has 1 rings (SSSR count). The summed E-state index contributed by atoms with van der Waals surface area (Å²) >= 11 is 0. The average Bonchev–Trinajstić information content (AvgIpc) is 2.69. The summed E-state index contributed by atoms with van der Waals surface area (Å²) in [7, 11) is 1.66. The van der Waals surface area contributed by atoms with Crippen LogP contribution < -0.4 is 0 Å². The van der Waals surface area contributed by atoms with Crippen LogP contribution in [0.25, 0.3) is 0 Å². The molecule has 4 heteroatoms. The van der Waals surface area contributed by atoms with Crippen LogP contribution in [0.3, 0.4) is 0 Å². The Labute approximate surface area is 89.1 Å². The molecule has 0 saturated carbocycles. The van der Waals surface area contributed by atoms with E-state index in [9.17, 15) is 4.79 Å². The number of hydrogen-bond acceptors (Lipinski definition) is 3. The zero-order valence-corrected chi connectivity index (χ0v) is 9.15. The second-order valence-electron chi connectivity index (χ2n) is 3.98. The Balaban J connectivity index is 2.67. The minimum atomic E-state index is -0.985. The van der Waals surface area contributed by atoms with Crippen molar-refractivity contribution in [3.05, 3.63) is 24.2 Å². The van der Waals surface area contributed by atoms with Crippen molar-refractivity contribution in [1.29, 1.82) is 5.26 Å². The number of furan rings is 1. The summed E-state index contributed by atoms with van der Waals surface area (Å²) in [6.45, 7) is 3.60. The number of carbonyl (C=O) groups is 1. The molecule has 0 aromatic carbocycles. The van der Waals surface area contributed by atoms with Crippen molar-refractivity contribution in [2.75, 3.05) is 7.05 Å². The van der Waals surface area contributed by atoms with Gasteiger partial charge in [-0.25, -0.2) is 0 Å². The Kier molecular flexibility index (Phi) is 3.15. The zero-order chi connectivity index (χ0) is 11.5. The standard InChI is InChI=1S/C11H14N2O2/c1-11(2,8-12)10(14)13(3)7-9-5-4-6-15-9/h4-6H,7H2,1-3H3. The van der Waals surface area contributed by atoms with Gasteiger partial charge >= 0.3 is 0 Å². The summed E-state index contributed by atoms with van der Waals surface area (Å²) in [5.41, 5.74) is -0.985. The van der Waals surface area contributed by atoms with Crippen molar-refractivity contribution in [3.63, 3.8) is 0 Å². The maximum absolute atomic E-state index is 11.8. The van der Waals surface area contributed by atoms with Crippen LogP contribution in [0.2, 0.25) is 0 Å². The van der Waals surface area contributed by atoms with E-state index in [0.717, 1.165) is 0 Å². The molecule has 0 aliphatic rings. The fourth-order valence-corrected chi connectivity index (χ4v) is 1.23. The number of nitrogens with zero attached hydrogens (tertiary/aromatic N) is 2. The Morgan fingerprint density at radius 2 is 2.33 bits per heavy atom. The molecule has 0 fully saturated rings. The first-order valence-corrected chi connectivity index (χ1v) is 4.66. The molecule has 0 bridgehead atoms. The van der Waals surface area contributed by atoms with Gasteiger partial charge in [0, 0.05) is 7.05 Å². The molecular formula is C11H14N2O2. The van der Waals surface area contributed by atoms with Crippen LogP contribution in [0, 0.1) is 16.7 Å². The van der Waals surface area contributed by atoms with Crippen molar-refractivity contribution < 1.29 is 9.21 Å². The number of nitriles is 1. The van der Waals surface area contributed by atoms with Crippen molar-refractivity contribution in [3.8, 4) is 6.07 Å². The third-order valence-electron chi connectivity index (χ3n) is 2.13. The second-order valence-corrected chi connectivity index (χ2v) is 3.98.